The summed E-state index contributed by atoms with van der Waals surface area (Å²) < 4.78 is 0. The third kappa shape index (κ3) is 1.05. The van der Waals surface area contributed by atoms with Crippen LogP contribution in [0.25, 0.3) is 0 Å². The summed E-state index contributed by atoms with van der Waals surface area (Å²) in [6.07, 6.45) is 0. The second kappa shape index (κ2) is 2.29. The second-order valence-electron chi connectivity index (χ2n) is 1.00. The van der Waals surface area contributed by atoms with Crippen LogP contribution in [0.5, 0.6) is 0 Å². The Morgan fingerprint density at radius 1 is 1.00 bits per heavy atom. The van der Waals surface area contributed by atoms with Gasteiger partial charge in [-0.25, -0.2) is 0 Å². The van der Waals surface area contributed by atoms with Crippen LogP contribution >= 0.6 is 16.4 Å². The van der Waals surface area contributed by atoms with E-state index in [1.165, 1.54) is 0 Å². The molecular weight excluding hydrogens is 110 g/mol. The monoisotopic (exact) mass is 116 g/mol. The van der Waals surface area contributed by atoms with Gasteiger partial charge in [0.15, 0.2) is 16.4 Å². The molecule has 0 radical (unpaired) electrons. The fraction of sp³-hybridized carbons (Fsp3) is 0. The molecule has 1 rings (SSSR count). The van der Waals surface area contributed by atoms with Crippen LogP contribution in [-0.4, -0.2) is 0 Å². The first kappa shape index (κ1) is 4.24. The Morgan fingerprint density at radius 2 is 1.67 bits per heavy atom. The van der Waals surface area contributed by atoms with E-state index in [-0.39, 0.29) is 0 Å². The SMILES string of the molecule is c1c[pH+]c[pH+]c1. The average molecular weight is 116 g/mol. The van der Waals surface area contributed by atoms with Gasteiger partial charge in [-0.2, -0.15) is 0 Å². The van der Waals surface area contributed by atoms with Crippen LogP contribution in [0.2, 0.25) is 0 Å². The zero-order valence-electron chi connectivity index (χ0n) is 3.31. The molecule has 2 atom stereocenters. The van der Waals surface area contributed by atoms with Crippen molar-refractivity contribution in [3.05, 3.63) is 23.2 Å². The van der Waals surface area contributed by atoms with Gasteiger partial charge in [-0.1, -0.05) is 0 Å². The summed E-state index contributed by atoms with van der Waals surface area (Å²) in [5.41, 5.74) is 2.31. The summed E-state index contributed by atoms with van der Waals surface area (Å²) in [4.78, 5) is 0. The summed E-state index contributed by atoms with van der Waals surface area (Å²) in [6, 6.07) is 2.14. The van der Waals surface area contributed by atoms with Gasteiger partial charge in [0.05, 0.1) is 0 Å². The van der Waals surface area contributed by atoms with Gasteiger partial charge in [-0.05, 0) is 0 Å². The van der Waals surface area contributed by atoms with Crippen molar-refractivity contribution >= 4 is 16.4 Å². The highest BCUT2D eigenvalue weighted by Gasteiger charge is 1.78. The Bertz CT molecular complexity index is 77.5. The predicted molar refractivity (Wildman–Crippen MR) is 34.3 cm³/mol. The van der Waals surface area contributed by atoms with E-state index >= 15 is 0 Å². The maximum atomic E-state index is 2.31. The van der Waals surface area contributed by atoms with Crippen molar-refractivity contribution in [3.63, 3.8) is 0 Å². The molecule has 0 fully saturated rings. The molecule has 0 saturated heterocycles. The summed E-state index contributed by atoms with van der Waals surface area (Å²) in [5, 5.41) is 0. The Labute approximate surface area is 40.4 Å². The molecule has 30 valence electrons. The van der Waals surface area contributed by atoms with E-state index in [0.29, 0.717) is 0 Å². The fourth-order valence-corrected chi connectivity index (χ4v) is 2.07. The molecular formula is C4H6P2+2. The topological polar surface area (TPSA) is 0 Å². The average Bonchev–Trinajstić information content (AvgIpc) is 1.72. The van der Waals surface area contributed by atoms with Crippen LogP contribution in [-0.2, 0) is 0 Å². The molecule has 0 amide bonds. The van der Waals surface area contributed by atoms with Crippen LogP contribution < -0.4 is 0 Å². The highest BCUT2D eigenvalue weighted by atomic mass is 31.1. The summed E-state index contributed by atoms with van der Waals surface area (Å²) in [5.74, 6) is 4.38. The molecule has 0 aliphatic carbocycles. The van der Waals surface area contributed by atoms with Crippen molar-refractivity contribution in [1.29, 1.82) is 0 Å². The van der Waals surface area contributed by atoms with Gasteiger partial charge in [0, 0.05) is 6.07 Å². The van der Waals surface area contributed by atoms with E-state index in [2.05, 4.69) is 23.2 Å². The van der Waals surface area contributed by atoms with E-state index in [4.69, 9.17) is 0 Å². The number of rotatable bonds is 0. The predicted octanol–water partition coefficient (Wildman–Crippen LogP) is 2.31. The lowest BCUT2D eigenvalue weighted by Gasteiger charge is -1.50. The largest absolute Gasteiger partial charge is 0.273 e. The minimum atomic E-state index is 0.977. The van der Waals surface area contributed by atoms with Gasteiger partial charge in [-0.3, -0.25) is 0 Å². The van der Waals surface area contributed by atoms with Crippen LogP contribution in [0.4, 0.5) is 0 Å². The lowest BCUT2D eigenvalue weighted by Crippen LogP contribution is -1.30. The Hall–Kier alpha value is 0.0800. The standard InChI is InChI=1S/C4H4P2/c1-2-5-4-6-3-1/h1-4H/p+2. The molecule has 2 heteroatoms. The first-order chi connectivity index (χ1) is 3.00. The summed E-state index contributed by atoms with van der Waals surface area (Å²) in [6.45, 7) is 0. The molecule has 2 unspecified atom stereocenters. The molecule has 0 bridgehead atoms. The van der Waals surface area contributed by atoms with Crippen LogP contribution in [0.15, 0.2) is 23.2 Å². The lowest BCUT2D eigenvalue weighted by molar-refractivity contribution is 2.10. The zero-order chi connectivity index (χ0) is 4.24. The highest BCUT2D eigenvalue weighted by Crippen LogP contribution is 2.09. The second-order valence-corrected chi connectivity index (χ2v) is 3.49. The fourth-order valence-electron chi connectivity index (χ4n) is 0.304. The minimum Gasteiger partial charge on any atom is 0.0226 e. The van der Waals surface area contributed by atoms with Gasteiger partial charge < -0.3 is 0 Å². The zero-order valence-corrected chi connectivity index (χ0v) is 5.31. The van der Waals surface area contributed by atoms with Crippen molar-refractivity contribution in [1.82, 2.24) is 0 Å². The van der Waals surface area contributed by atoms with Gasteiger partial charge in [0.1, 0.15) is 11.6 Å². The minimum absolute atomic E-state index is 0.977. The number of hydrogen-bond donors (Lipinski definition) is 0. The van der Waals surface area contributed by atoms with Gasteiger partial charge >= 0.3 is 0 Å². The molecule has 0 N–H and O–H groups in total. The Kier molecular flexibility index (Phi) is 1.62. The first-order valence-corrected chi connectivity index (χ1v) is 4.13. The summed E-state index contributed by atoms with van der Waals surface area (Å²) in [7, 11) is 1.95. The van der Waals surface area contributed by atoms with Crippen molar-refractivity contribution in [2.75, 3.05) is 0 Å². The molecule has 1 aromatic rings. The van der Waals surface area contributed by atoms with E-state index in [0.717, 1.165) is 16.4 Å². The quantitative estimate of drug-likeness (QED) is 0.487. The van der Waals surface area contributed by atoms with Crippen molar-refractivity contribution in [2.24, 2.45) is 0 Å². The lowest BCUT2D eigenvalue weighted by atomic mass is 10.8. The molecule has 0 aliphatic rings. The molecule has 1 aromatic heterocycles. The maximum Gasteiger partial charge on any atom is 0.273 e. The molecule has 0 aliphatic heterocycles. The molecule has 6 heavy (non-hydrogen) atoms. The third-order valence-corrected chi connectivity index (χ3v) is 2.65. The van der Waals surface area contributed by atoms with Crippen molar-refractivity contribution in [3.8, 4) is 0 Å². The molecule has 1 heterocycles. The van der Waals surface area contributed by atoms with Gasteiger partial charge in [-0.15, -0.1) is 0 Å². The van der Waals surface area contributed by atoms with Gasteiger partial charge in [0.25, 0.3) is 5.53 Å². The van der Waals surface area contributed by atoms with E-state index < -0.39 is 0 Å². The van der Waals surface area contributed by atoms with E-state index in [9.17, 15) is 0 Å². The third-order valence-electron chi connectivity index (χ3n) is 0.552. The molecule has 0 nitrogen and oxygen atoms in total. The molecule has 0 spiro atoms. The highest BCUT2D eigenvalue weighted by molar-refractivity contribution is 7.43. The number of hydrogen-bond acceptors (Lipinski definition) is 0. The van der Waals surface area contributed by atoms with Gasteiger partial charge in [0.2, 0.25) is 0 Å². The summed E-state index contributed by atoms with van der Waals surface area (Å²) >= 11 is 0. The molecule has 0 saturated carbocycles. The van der Waals surface area contributed by atoms with Crippen molar-refractivity contribution < 1.29 is 0 Å². The van der Waals surface area contributed by atoms with Crippen LogP contribution in [0.3, 0.4) is 0 Å². The van der Waals surface area contributed by atoms with E-state index in [1.807, 2.05) is 0 Å². The smallest absolute Gasteiger partial charge is 0.0226 e. The van der Waals surface area contributed by atoms with Crippen LogP contribution in [0, 0.1) is 0 Å². The normalized spacial score (nSPS) is 10.7. The Balaban J connectivity index is 3.00. The van der Waals surface area contributed by atoms with E-state index in [1.54, 1.807) is 0 Å². The molecule has 0 aromatic carbocycles. The Morgan fingerprint density at radius 3 is 1.83 bits per heavy atom. The first-order valence-electron chi connectivity index (χ1n) is 1.82. The van der Waals surface area contributed by atoms with Crippen LogP contribution in [0.1, 0.15) is 0 Å². The van der Waals surface area contributed by atoms with Crippen molar-refractivity contribution in [2.45, 2.75) is 0 Å². The maximum absolute atomic E-state index is 2.31.